The SMILES string of the molecule is CCc1cc(CN(C)Cc2ccc(OC)c(Cl)c2)on1. The van der Waals surface area contributed by atoms with Crippen molar-refractivity contribution in [2.24, 2.45) is 0 Å². The first kappa shape index (κ1) is 14.9. The van der Waals surface area contributed by atoms with Gasteiger partial charge in [0.05, 0.1) is 24.4 Å². The lowest BCUT2D eigenvalue weighted by Crippen LogP contribution is -2.16. The van der Waals surface area contributed by atoms with Crippen LogP contribution >= 0.6 is 11.6 Å². The number of rotatable bonds is 6. The summed E-state index contributed by atoms with van der Waals surface area (Å²) >= 11 is 6.12. The predicted molar refractivity (Wildman–Crippen MR) is 79.1 cm³/mol. The van der Waals surface area contributed by atoms with E-state index in [-0.39, 0.29) is 0 Å². The molecule has 0 spiro atoms. The van der Waals surface area contributed by atoms with Gasteiger partial charge >= 0.3 is 0 Å². The van der Waals surface area contributed by atoms with Gasteiger partial charge in [-0.25, -0.2) is 0 Å². The molecule has 0 aliphatic heterocycles. The number of hydrogen-bond acceptors (Lipinski definition) is 4. The highest BCUT2D eigenvalue weighted by Crippen LogP contribution is 2.25. The summed E-state index contributed by atoms with van der Waals surface area (Å²) < 4.78 is 10.4. The number of nitrogens with zero attached hydrogens (tertiary/aromatic N) is 2. The fourth-order valence-electron chi connectivity index (χ4n) is 2.04. The van der Waals surface area contributed by atoms with Gasteiger partial charge in [0.2, 0.25) is 0 Å². The van der Waals surface area contributed by atoms with Crippen LogP contribution in [0, 0.1) is 0 Å². The minimum atomic E-state index is 0.631. The van der Waals surface area contributed by atoms with Crippen molar-refractivity contribution in [2.75, 3.05) is 14.2 Å². The van der Waals surface area contributed by atoms with Crippen molar-refractivity contribution >= 4 is 11.6 Å². The van der Waals surface area contributed by atoms with Gasteiger partial charge < -0.3 is 9.26 Å². The van der Waals surface area contributed by atoms with Crippen molar-refractivity contribution in [2.45, 2.75) is 26.4 Å². The minimum Gasteiger partial charge on any atom is -0.495 e. The van der Waals surface area contributed by atoms with Crippen LogP contribution in [0.2, 0.25) is 5.02 Å². The van der Waals surface area contributed by atoms with Crippen molar-refractivity contribution in [1.82, 2.24) is 10.1 Å². The van der Waals surface area contributed by atoms with Crippen LogP contribution in [0.4, 0.5) is 0 Å². The van der Waals surface area contributed by atoms with Crippen molar-refractivity contribution in [3.63, 3.8) is 0 Å². The highest BCUT2D eigenvalue weighted by Gasteiger charge is 2.08. The lowest BCUT2D eigenvalue weighted by molar-refractivity contribution is 0.265. The Morgan fingerprint density at radius 1 is 1.30 bits per heavy atom. The molecule has 0 saturated heterocycles. The maximum atomic E-state index is 6.12. The Balaban J connectivity index is 1.97. The molecule has 1 heterocycles. The van der Waals surface area contributed by atoms with Crippen molar-refractivity contribution in [3.05, 3.63) is 46.3 Å². The number of ether oxygens (including phenoxy) is 1. The summed E-state index contributed by atoms with van der Waals surface area (Å²) in [6.45, 7) is 3.56. The van der Waals surface area contributed by atoms with E-state index in [9.17, 15) is 0 Å². The van der Waals surface area contributed by atoms with E-state index in [1.54, 1.807) is 7.11 Å². The van der Waals surface area contributed by atoms with E-state index in [1.807, 2.05) is 31.3 Å². The minimum absolute atomic E-state index is 0.631. The smallest absolute Gasteiger partial charge is 0.150 e. The monoisotopic (exact) mass is 294 g/mol. The average Bonchev–Trinajstić information content (AvgIpc) is 2.86. The first-order valence-electron chi connectivity index (χ1n) is 6.57. The van der Waals surface area contributed by atoms with Gasteiger partial charge in [0, 0.05) is 12.6 Å². The van der Waals surface area contributed by atoms with Crippen LogP contribution in [-0.4, -0.2) is 24.2 Å². The van der Waals surface area contributed by atoms with Crippen molar-refractivity contribution < 1.29 is 9.26 Å². The molecule has 2 aromatic rings. The molecular formula is C15H19ClN2O2. The summed E-state index contributed by atoms with van der Waals surface area (Å²) in [7, 11) is 3.65. The van der Waals surface area contributed by atoms with Gasteiger partial charge in [0.25, 0.3) is 0 Å². The zero-order valence-electron chi connectivity index (χ0n) is 12.0. The normalized spacial score (nSPS) is 11.1. The maximum Gasteiger partial charge on any atom is 0.150 e. The van der Waals surface area contributed by atoms with Crippen LogP contribution in [-0.2, 0) is 19.5 Å². The second kappa shape index (κ2) is 6.77. The Labute approximate surface area is 124 Å². The molecule has 108 valence electrons. The van der Waals surface area contributed by atoms with Crippen LogP contribution in [0.25, 0.3) is 0 Å². The molecule has 4 nitrogen and oxygen atoms in total. The number of methoxy groups -OCH3 is 1. The standard InChI is InChI=1S/C15H19ClN2O2/c1-4-12-8-13(20-17-12)10-18(2)9-11-5-6-15(19-3)14(16)7-11/h5-8H,4,9-10H2,1-3H3. The second-order valence-corrected chi connectivity index (χ2v) is 5.19. The summed E-state index contributed by atoms with van der Waals surface area (Å²) in [4.78, 5) is 2.15. The molecule has 1 aromatic heterocycles. The maximum absolute atomic E-state index is 6.12. The van der Waals surface area contributed by atoms with Crippen LogP contribution in [0.3, 0.4) is 0 Å². The molecule has 20 heavy (non-hydrogen) atoms. The lowest BCUT2D eigenvalue weighted by Gasteiger charge is -2.15. The van der Waals surface area contributed by atoms with Gasteiger partial charge in [0.1, 0.15) is 5.75 Å². The van der Waals surface area contributed by atoms with E-state index in [0.29, 0.717) is 10.8 Å². The number of hydrogen-bond donors (Lipinski definition) is 0. The summed E-state index contributed by atoms with van der Waals surface area (Å²) in [5.74, 6) is 1.57. The summed E-state index contributed by atoms with van der Waals surface area (Å²) in [5.41, 5.74) is 2.12. The topological polar surface area (TPSA) is 38.5 Å². The molecule has 0 aliphatic carbocycles. The summed E-state index contributed by atoms with van der Waals surface area (Å²) in [5, 5.41) is 4.62. The Bertz CT molecular complexity index is 569. The highest BCUT2D eigenvalue weighted by atomic mass is 35.5. The van der Waals surface area contributed by atoms with Gasteiger partial charge in [-0.15, -0.1) is 0 Å². The first-order chi connectivity index (χ1) is 9.62. The molecule has 1 aromatic carbocycles. The largest absolute Gasteiger partial charge is 0.495 e. The predicted octanol–water partition coefficient (Wildman–Crippen LogP) is 3.53. The van der Waals surface area contributed by atoms with Gasteiger partial charge in [-0.05, 0) is 31.2 Å². The van der Waals surface area contributed by atoms with Gasteiger partial charge in [-0.2, -0.15) is 0 Å². The highest BCUT2D eigenvalue weighted by molar-refractivity contribution is 6.32. The molecule has 0 aliphatic rings. The Morgan fingerprint density at radius 3 is 2.70 bits per heavy atom. The molecule has 0 amide bonds. The van der Waals surface area contributed by atoms with Crippen LogP contribution in [0.1, 0.15) is 23.9 Å². The van der Waals surface area contributed by atoms with Crippen molar-refractivity contribution in [1.29, 1.82) is 0 Å². The van der Waals surface area contributed by atoms with E-state index < -0.39 is 0 Å². The molecule has 0 fully saturated rings. The van der Waals surface area contributed by atoms with E-state index in [1.165, 1.54) is 0 Å². The zero-order chi connectivity index (χ0) is 14.5. The molecular weight excluding hydrogens is 276 g/mol. The quantitative estimate of drug-likeness (QED) is 0.817. The Hall–Kier alpha value is -1.52. The third-order valence-electron chi connectivity index (χ3n) is 3.06. The third kappa shape index (κ3) is 3.74. The molecule has 0 bridgehead atoms. The number of halogens is 1. The average molecular weight is 295 g/mol. The zero-order valence-corrected chi connectivity index (χ0v) is 12.8. The van der Waals surface area contributed by atoms with Gasteiger partial charge in [-0.3, -0.25) is 4.90 Å². The van der Waals surface area contributed by atoms with E-state index in [2.05, 4.69) is 17.0 Å². The molecule has 0 atom stereocenters. The number of aromatic nitrogens is 1. The third-order valence-corrected chi connectivity index (χ3v) is 3.36. The summed E-state index contributed by atoms with van der Waals surface area (Å²) in [6.07, 6.45) is 0.890. The molecule has 0 unspecified atom stereocenters. The Kier molecular flexibility index (Phi) is 5.04. The van der Waals surface area contributed by atoms with Gasteiger partial charge in [-0.1, -0.05) is 29.7 Å². The number of benzene rings is 1. The summed E-state index contributed by atoms with van der Waals surface area (Å²) in [6, 6.07) is 7.82. The van der Waals surface area contributed by atoms with Crippen LogP contribution < -0.4 is 4.74 Å². The first-order valence-corrected chi connectivity index (χ1v) is 6.95. The van der Waals surface area contributed by atoms with E-state index in [4.69, 9.17) is 20.9 Å². The van der Waals surface area contributed by atoms with E-state index in [0.717, 1.165) is 36.5 Å². The van der Waals surface area contributed by atoms with Gasteiger partial charge in [0.15, 0.2) is 5.76 Å². The molecule has 5 heteroatoms. The second-order valence-electron chi connectivity index (χ2n) is 4.78. The lowest BCUT2D eigenvalue weighted by atomic mass is 10.2. The van der Waals surface area contributed by atoms with E-state index >= 15 is 0 Å². The molecule has 0 N–H and O–H groups in total. The fraction of sp³-hybridized carbons (Fsp3) is 0.400. The van der Waals surface area contributed by atoms with Crippen molar-refractivity contribution in [3.8, 4) is 5.75 Å². The Morgan fingerprint density at radius 2 is 2.10 bits per heavy atom. The molecule has 0 saturated carbocycles. The molecule has 0 radical (unpaired) electrons. The van der Waals surface area contributed by atoms with Crippen LogP contribution in [0.15, 0.2) is 28.8 Å². The molecule has 2 rings (SSSR count). The fourth-order valence-corrected chi connectivity index (χ4v) is 2.32. The van der Waals surface area contributed by atoms with Crippen LogP contribution in [0.5, 0.6) is 5.75 Å². The number of aryl methyl sites for hydroxylation is 1.